The van der Waals surface area contributed by atoms with Crippen molar-refractivity contribution in [2.45, 2.75) is 6.54 Å². The molecule has 0 bridgehead atoms. The number of benzene rings is 2. The molecule has 3 aromatic rings. The molecular formula is C20H16N4O3. The standard InChI is InChI=1S/C20H16N4O3/c1-23-10-9-17(22-23)21-18(25)14-6-4-5-13(11-14)12-24-19(26)15-7-2-3-8-16(15)20(24)27/h2-11H,12H2,1H3,(H,21,22,25). The first kappa shape index (κ1) is 16.7. The van der Waals surface area contributed by atoms with Crippen molar-refractivity contribution in [2.24, 2.45) is 7.05 Å². The van der Waals surface area contributed by atoms with Crippen LogP contribution in [0.1, 0.15) is 36.6 Å². The summed E-state index contributed by atoms with van der Waals surface area (Å²) in [4.78, 5) is 38.6. The molecule has 134 valence electrons. The summed E-state index contributed by atoms with van der Waals surface area (Å²) in [6.07, 6.45) is 1.73. The van der Waals surface area contributed by atoms with Crippen molar-refractivity contribution in [3.8, 4) is 0 Å². The average Bonchev–Trinajstić information content (AvgIpc) is 3.19. The van der Waals surface area contributed by atoms with Crippen LogP contribution in [0.2, 0.25) is 0 Å². The molecule has 0 fully saturated rings. The molecule has 2 heterocycles. The molecule has 1 N–H and O–H groups in total. The van der Waals surface area contributed by atoms with E-state index in [1.165, 1.54) is 4.90 Å². The first-order valence-corrected chi connectivity index (χ1v) is 8.38. The number of fused-ring (bicyclic) bond motifs is 1. The van der Waals surface area contributed by atoms with E-state index in [0.29, 0.717) is 28.1 Å². The second-order valence-electron chi connectivity index (χ2n) is 6.27. The van der Waals surface area contributed by atoms with E-state index < -0.39 is 0 Å². The minimum absolute atomic E-state index is 0.108. The number of aryl methyl sites for hydroxylation is 1. The van der Waals surface area contributed by atoms with Gasteiger partial charge in [-0.15, -0.1) is 0 Å². The Hall–Kier alpha value is -3.74. The highest BCUT2D eigenvalue weighted by Crippen LogP contribution is 2.24. The number of rotatable bonds is 4. The van der Waals surface area contributed by atoms with Crippen molar-refractivity contribution in [1.82, 2.24) is 14.7 Å². The van der Waals surface area contributed by atoms with E-state index in [-0.39, 0.29) is 24.3 Å². The fraction of sp³-hybridized carbons (Fsp3) is 0.100. The van der Waals surface area contributed by atoms with Gasteiger partial charge in [-0.2, -0.15) is 5.10 Å². The quantitative estimate of drug-likeness (QED) is 0.725. The zero-order valence-electron chi connectivity index (χ0n) is 14.5. The number of nitrogens with zero attached hydrogens (tertiary/aromatic N) is 3. The number of imide groups is 1. The van der Waals surface area contributed by atoms with Crippen LogP contribution in [0.4, 0.5) is 5.82 Å². The number of anilines is 1. The Labute approximate surface area is 155 Å². The number of hydrogen-bond donors (Lipinski definition) is 1. The molecule has 0 aliphatic carbocycles. The molecule has 0 atom stereocenters. The van der Waals surface area contributed by atoms with Crippen LogP contribution in [-0.2, 0) is 13.6 Å². The van der Waals surface area contributed by atoms with Gasteiger partial charge in [0.2, 0.25) is 0 Å². The summed E-state index contributed by atoms with van der Waals surface area (Å²) in [5, 5.41) is 6.83. The van der Waals surface area contributed by atoms with Crippen LogP contribution in [-0.4, -0.2) is 32.4 Å². The summed E-state index contributed by atoms with van der Waals surface area (Å²) < 4.78 is 1.59. The third kappa shape index (κ3) is 3.10. The van der Waals surface area contributed by atoms with Gasteiger partial charge in [-0.1, -0.05) is 24.3 Å². The SMILES string of the molecule is Cn1ccc(NC(=O)c2cccc(CN3C(=O)c4ccccc4C3=O)c2)n1. The molecule has 27 heavy (non-hydrogen) atoms. The summed E-state index contributed by atoms with van der Waals surface area (Å²) >= 11 is 0. The summed E-state index contributed by atoms with van der Waals surface area (Å²) in [6, 6.07) is 15.3. The number of aromatic nitrogens is 2. The lowest BCUT2D eigenvalue weighted by Gasteiger charge is -2.14. The third-order valence-electron chi connectivity index (χ3n) is 4.36. The summed E-state index contributed by atoms with van der Waals surface area (Å²) in [7, 11) is 1.76. The Kier molecular flexibility index (Phi) is 4.04. The monoisotopic (exact) mass is 360 g/mol. The maximum Gasteiger partial charge on any atom is 0.261 e. The van der Waals surface area contributed by atoms with E-state index in [0.717, 1.165) is 0 Å². The van der Waals surface area contributed by atoms with Gasteiger partial charge in [0.05, 0.1) is 17.7 Å². The van der Waals surface area contributed by atoms with E-state index in [1.54, 1.807) is 72.5 Å². The molecule has 2 aromatic carbocycles. The Morgan fingerprint density at radius 2 is 1.70 bits per heavy atom. The first-order valence-electron chi connectivity index (χ1n) is 8.38. The largest absolute Gasteiger partial charge is 0.305 e. The van der Waals surface area contributed by atoms with Crippen LogP contribution >= 0.6 is 0 Å². The Balaban J connectivity index is 1.53. The number of nitrogens with one attached hydrogen (secondary N) is 1. The normalized spacial score (nSPS) is 13.0. The lowest BCUT2D eigenvalue weighted by molar-refractivity contribution is 0.0642. The predicted molar refractivity (Wildman–Crippen MR) is 98.2 cm³/mol. The molecule has 3 amide bonds. The van der Waals surface area contributed by atoms with Gasteiger partial charge in [-0.25, -0.2) is 0 Å². The van der Waals surface area contributed by atoms with Crippen molar-refractivity contribution in [1.29, 1.82) is 0 Å². The highest BCUT2D eigenvalue weighted by Gasteiger charge is 2.34. The summed E-state index contributed by atoms with van der Waals surface area (Å²) in [6.45, 7) is 0.108. The van der Waals surface area contributed by atoms with Crippen LogP contribution in [0.25, 0.3) is 0 Å². The van der Waals surface area contributed by atoms with Crippen molar-refractivity contribution in [2.75, 3.05) is 5.32 Å². The van der Waals surface area contributed by atoms with Crippen molar-refractivity contribution in [3.05, 3.63) is 83.0 Å². The Morgan fingerprint density at radius 3 is 2.33 bits per heavy atom. The fourth-order valence-electron chi connectivity index (χ4n) is 3.05. The van der Waals surface area contributed by atoms with Crippen LogP contribution in [0.5, 0.6) is 0 Å². The number of amides is 3. The smallest absolute Gasteiger partial charge is 0.261 e. The molecule has 0 saturated heterocycles. The molecule has 4 rings (SSSR count). The molecule has 0 saturated carbocycles. The van der Waals surface area contributed by atoms with E-state index in [1.807, 2.05) is 0 Å². The Bertz CT molecular complexity index is 1040. The average molecular weight is 360 g/mol. The van der Waals surface area contributed by atoms with E-state index in [4.69, 9.17) is 0 Å². The number of carbonyl (C=O) groups is 3. The van der Waals surface area contributed by atoms with Crippen LogP contribution in [0, 0.1) is 0 Å². The van der Waals surface area contributed by atoms with Gasteiger partial charge in [0, 0.05) is 24.9 Å². The van der Waals surface area contributed by atoms with E-state index in [2.05, 4.69) is 10.4 Å². The molecule has 0 spiro atoms. The molecule has 1 aliphatic rings. The minimum atomic E-state index is -0.320. The predicted octanol–water partition coefficient (Wildman–Crippen LogP) is 2.47. The van der Waals surface area contributed by atoms with E-state index in [9.17, 15) is 14.4 Å². The lowest BCUT2D eigenvalue weighted by Crippen LogP contribution is -2.29. The zero-order chi connectivity index (χ0) is 19.0. The lowest BCUT2D eigenvalue weighted by atomic mass is 10.1. The Morgan fingerprint density at radius 1 is 1.00 bits per heavy atom. The highest BCUT2D eigenvalue weighted by molar-refractivity contribution is 6.21. The van der Waals surface area contributed by atoms with Gasteiger partial charge in [0.25, 0.3) is 17.7 Å². The second-order valence-corrected chi connectivity index (χ2v) is 6.27. The molecule has 0 radical (unpaired) electrons. The van der Waals surface area contributed by atoms with Crippen molar-refractivity contribution in [3.63, 3.8) is 0 Å². The first-order chi connectivity index (χ1) is 13.0. The fourth-order valence-corrected chi connectivity index (χ4v) is 3.05. The van der Waals surface area contributed by atoms with Gasteiger partial charge in [-0.05, 0) is 29.8 Å². The molecule has 0 unspecified atom stereocenters. The third-order valence-corrected chi connectivity index (χ3v) is 4.36. The maximum absolute atomic E-state index is 12.5. The zero-order valence-corrected chi connectivity index (χ0v) is 14.5. The number of hydrogen-bond acceptors (Lipinski definition) is 4. The van der Waals surface area contributed by atoms with Gasteiger partial charge in [-0.3, -0.25) is 24.0 Å². The summed E-state index contributed by atoms with van der Waals surface area (Å²) in [5.74, 6) is -0.496. The molecule has 1 aromatic heterocycles. The van der Waals surface area contributed by atoms with Gasteiger partial charge in [0.15, 0.2) is 5.82 Å². The van der Waals surface area contributed by atoms with Crippen LogP contribution in [0.15, 0.2) is 60.8 Å². The summed E-state index contributed by atoms with van der Waals surface area (Å²) in [5.41, 5.74) is 1.94. The van der Waals surface area contributed by atoms with Crippen molar-refractivity contribution < 1.29 is 14.4 Å². The molecule has 1 aliphatic heterocycles. The van der Waals surface area contributed by atoms with Crippen molar-refractivity contribution >= 4 is 23.5 Å². The van der Waals surface area contributed by atoms with E-state index >= 15 is 0 Å². The van der Waals surface area contributed by atoms with Gasteiger partial charge < -0.3 is 5.32 Å². The molecular weight excluding hydrogens is 344 g/mol. The van der Waals surface area contributed by atoms with Gasteiger partial charge >= 0.3 is 0 Å². The highest BCUT2D eigenvalue weighted by atomic mass is 16.2. The topological polar surface area (TPSA) is 84.3 Å². The number of carbonyl (C=O) groups excluding carboxylic acids is 3. The molecule has 7 nitrogen and oxygen atoms in total. The van der Waals surface area contributed by atoms with Crippen LogP contribution in [0.3, 0.4) is 0 Å². The molecule has 7 heteroatoms. The van der Waals surface area contributed by atoms with Gasteiger partial charge in [0.1, 0.15) is 0 Å². The minimum Gasteiger partial charge on any atom is -0.305 e. The van der Waals surface area contributed by atoms with Crippen LogP contribution < -0.4 is 5.32 Å². The second kappa shape index (κ2) is 6.53. The maximum atomic E-state index is 12.5.